The molecule has 2 rings (SSSR count). The standard InChI is InChI=1S/C22H34N4O5S3/c1-12(2)7-14(18(27)22(4)11-31-22)24-19(28)15(9-32-5)25-20(29)16(10-33-6)26-21(30)17-8-23-13(3)34-17/h8,12,14-16H,7,9-11H2,1-6H3,(H,24,28)(H,25,29)(H,26,30)/t14-,15-,16-,22+/m0/s1. The quantitative estimate of drug-likeness (QED) is 0.310. The Labute approximate surface area is 213 Å². The molecular weight excluding hydrogens is 496 g/mol. The highest BCUT2D eigenvalue weighted by atomic mass is 32.2. The minimum atomic E-state index is -0.857. The number of hydrogen-bond donors (Lipinski definition) is 3. The molecule has 1 aliphatic rings. The summed E-state index contributed by atoms with van der Waals surface area (Å²) in [5, 5.41) is 9.08. The SMILES string of the molecule is CSC[C@H](NC(=O)c1cnc(C)s1)C(=O)N[C@@H](CSC)C(=O)N[C@@H](CC(C)C)C(=O)[C@@]1(C)CO1. The number of thioether (sulfide) groups is 2. The third-order valence-electron chi connectivity index (χ3n) is 5.21. The summed E-state index contributed by atoms with van der Waals surface area (Å²) < 4.78 is 5.29. The van der Waals surface area contributed by atoms with E-state index in [1.165, 1.54) is 41.1 Å². The predicted octanol–water partition coefficient (Wildman–Crippen LogP) is 1.65. The van der Waals surface area contributed by atoms with Gasteiger partial charge in [-0.3, -0.25) is 19.2 Å². The summed E-state index contributed by atoms with van der Waals surface area (Å²) in [7, 11) is 0. The molecule has 0 spiro atoms. The minimum Gasteiger partial charge on any atom is -0.361 e. The summed E-state index contributed by atoms with van der Waals surface area (Å²) in [6.45, 7) is 7.81. The van der Waals surface area contributed by atoms with Crippen molar-refractivity contribution in [2.45, 2.75) is 57.8 Å². The number of epoxide rings is 1. The Balaban J connectivity index is 2.08. The maximum atomic E-state index is 13.1. The Hall–Kier alpha value is -1.63. The molecule has 190 valence electrons. The molecule has 2 heterocycles. The second kappa shape index (κ2) is 12.9. The third-order valence-corrected chi connectivity index (χ3v) is 7.45. The van der Waals surface area contributed by atoms with Gasteiger partial charge in [-0.15, -0.1) is 11.3 Å². The van der Waals surface area contributed by atoms with Crippen LogP contribution in [0.25, 0.3) is 0 Å². The average molecular weight is 531 g/mol. The van der Waals surface area contributed by atoms with E-state index < -0.39 is 35.5 Å². The number of carbonyl (C=O) groups is 4. The van der Waals surface area contributed by atoms with E-state index in [0.717, 1.165) is 5.01 Å². The van der Waals surface area contributed by atoms with Gasteiger partial charge in [-0.2, -0.15) is 23.5 Å². The number of rotatable bonds is 14. The summed E-state index contributed by atoms with van der Waals surface area (Å²) in [5.74, 6) is -0.584. The Bertz CT molecular complexity index is 888. The van der Waals surface area contributed by atoms with Gasteiger partial charge in [0.15, 0.2) is 5.78 Å². The first-order valence-corrected chi connectivity index (χ1v) is 14.6. The molecule has 1 aliphatic heterocycles. The highest BCUT2D eigenvalue weighted by Crippen LogP contribution is 2.29. The zero-order valence-electron chi connectivity index (χ0n) is 20.4. The highest BCUT2D eigenvalue weighted by molar-refractivity contribution is 7.98. The highest BCUT2D eigenvalue weighted by Gasteiger charge is 2.50. The van der Waals surface area contributed by atoms with E-state index in [-0.39, 0.29) is 17.6 Å². The van der Waals surface area contributed by atoms with Crippen LogP contribution in [0, 0.1) is 12.8 Å². The van der Waals surface area contributed by atoms with Gasteiger partial charge in [0, 0.05) is 11.5 Å². The van der Waals surface area contributed by atoms with E-state index in [4.69, 9.17) is 4.74 Å². The summed E-state index contributed by atoms with van der Waals surface area (Å²) in [6.07, 6.45) is 5.61. The van der Waals surface area contributed by atoms with Crippen molar-refractivity contribution in [2.24, 2.45) is 5.92 Å². The fraction of sp³-hybridized carbons (Fsp3) is 0.682. The maximum absolute atomic E-state index is 13.1. The predicted molar refractivity (Wildman–Crippen MR) is 138 cm³/mol. The lowest BCUT2D eigenvalue weighted by molar-refractivity contribution is -0.133. The van der Waals surface area contributed by atoms with Gasteiger partial charge < -0.3 is 20.7 Å². The first kappa shape index (κ1) is 28.6. The van der Waals surface area contributed by atoms with Gasteiger partial charge >= 0.3 is 0 Å². The number of aromatic nitrogens is 1. The molecule has 0 unspecified atom stereocenters. The van der Waals surface area contributed by atoms with Gasteiger partial charge in [-0.05, 0) is 38.7 Å². The largest absolute Gasteiger partial charge is 0.361 e. The number of thiazole rings is 1. The zero-order chi connectivity index (χ0) is 25.5. The van der Waals surface area contributed by atoms with Crippen LogP contribution in [-0.2, 0) is 19.1 Å². The fourth-order valence-corrected chi connectivity index (χ4v) is 5.08. The number of amides is 3. The lowest BCUT2D eigenvalue weighted by Crippen LogP contribution is -2.58. The minimum absolute atomic E-state index is 0.156. The summed E-state index contributed by atoms with van der Waals surface area (Å²) >= 11 is 4.05. The van der Waals surface area contributed by atoms with E-state index in [0.29, 0.717) is 29.4 Å². The van der Waals surface area contributed by atoms with E-state index in [1.54, 1.807) is 13.8 Å². The Kier molecular flexibility index (Phi) is 10.8. The number of hydrogen-bond acceptors (Lipinski definition) is 9. The van der Waals surface area contributed by atoms with Crippen LogP contribution in [-0.4, -0.2) is 82.8 Å². The second-order valence-corrected chi connectivity index (χ2v) is 11.9. The maximum Gasteiger partial charge on any atom is 0.263 e. The first-order chi connectivity index (χ1) is 16.0. The number of carbonyl (C=O) groups excluding carboxylic acids is 4. The normalized spacial score (nSPS) is 19.7. The topological polar surface area (TPSA) is 130 Å². The molecule has 0 bridgehead atoms. The molecule has 0 aliphatic carbocycles. The molecule has 1 aromatic heterocycles. The smallest absolute Gasteiger partial charge is 0.263 e. The number of ketones is 1. The molecule has 0 radical (unpaired) electrons. The van der Waals surface area contributed by atoms with E-state index in [9.17, 15) is 19.2 Å². The Morgan fingerprint density at radius 1 is 1.06 bits per heavy atom. The molecule has 1 aromatic rings. The summed E-state index contributed by atoms with van der Waals surface area (Å²) in [6, 6.07) is -2.38. The van der Waals surface area contributed by atoms with Crippen LogP contribution in [0.2, 0.25) is 0 Å². The van der Waals surface area contributed by atoms with Crippen LogP contribution >= 0.6 is 34.9 Å². The second-order valence-electron chi connectivity index (χ2n) is 8.82. The van der Waals surface area contributed by atoms with Crippen LogP contribution in [0.15, 0.2) is 6.20 Å². The molecule has 1 saturated heterocycles. The molecule has 0 saturated carbocycles. The van der Waals surface area contributed by atoms with Gasteiger partial charge in [0.1, 0.15) is 22.6 Å². The molecule has 12 heteroatoms. The number of nitrogens with zero attached hydrogens (tertiary/aromatic N) is 1. The van der Waals surface area contributed by atoms with Gasteiger partial charge in [-0.25, -0.2) is 4.98 Å². The molecule has 3 amide bonds. The van der Waals surface area contributed by atoms with Gasteiger partial charge in [0.2, 0.25) is 11.8 Å². The van der Waals surface area contributed by atoms with Crippen LogP contribution in [0.3, 0.4) is 0 Å². The lowest BCUT2D eigenvalue weighted by Gasteiger charge is -2.26. The van der Waals surface area contributed by atoms with Gasteiger partial charge in [0.05, 0.1) is 23.9 Å². The van der Waals surface area contributed by atoms with Crippen molar-refractivity contribution in [3.05, 3.63) is 16.1 Å². The number of Topliss-reactive ketones (excluding diaryl/α,β-unsaturated/α-hetero) is 1. The van der Waals surface area contributed by atoms with Gasteiger partial charge in [0.25, 0.3) is 5.91 Å². The molecule has 1 fully saturated rings. The molecule has 3 N–H and O–H groups in total. The lowest BCUT2D eigenvalue weighted by atomic mass is 9.93. The number of aryl methyl sites for hydroxylation is 1. The van der Waals surface area contributed by atoms with Crippen LogP contribution in [0.1, 0.15) is 41.9 Å². The monoisotopic (exact) mass is 530 g/mol. The number of ether oxygens (including phenoxy) is 1. The summed E-state index contributed by atoms with van der Waals surface area (Å²) in [4.78, 5) is 56.1. The van der Waals surface area contributed by atoms with Crippen molar-refractivity contribution >= 4 is 58.4 Å². The zero-order valence-corrected chi connectivity index (χ0v) is 22.9. The van der Waals surface area contributed by atoms with Crippen molar-refractivity contribution < 1.29 is 23.9 Å². The Morgan fingerprint density at radius 3 is 2.03 bits per heavy atom. The Morgan fingerprint density at radius 2 is 1.59 bits per heavy atom. The number of nitrogens with one attached hydrogen (secondary N) is 3. The van der Waals surface area contributed by atoms with Crippen molar-refractivity contribution in [1.29, 1.82) is 0 Å². The van der Waals surface area contributed by atoms with Crippen LogP contribution in [0.4, 0.5) is 0 Å². The van der Waals surface area contributed by atoms with E-state index >= 15 is 0 Å². The van der Waals surface area contributed by atoms with E-state index in [1.807, 2.05) is 26.4 Å². The fourth-order valence-electron chi connectivity index (χ4n) is 3.26. The van der Waals surface area contributed by atoms with Crippen LogP contribution in [0.5, 0.6) is 0 Å². The van der Waals surface area contributed by atoms with Gasteiger partial charge in [-0.1, -0.05) is 13.8 Å². The molecular formula is C22H34N4O5S3. The van der Waals surface area contributed by atoms with Crippen molar-refractivity contribution in [3.8, 4) is 0 Å². The van der Waals surface area contributed by atoms with Crippen molar-refractivity contribution in [3.63, 3.8) is 0 Å². The molecule has 4 atom stereocenters. The third kappa shape index (κ3) is 8.24. The molecule has 9 nitrogen and oxygen atoms in total. The summed E-state index contributed by atoms with van der Waals surface area (Å²) in [5.41, 5.74) is -0.853. The average Bonchev–Trinajstić information content (AvgIpc) is 3.37. The first-order valence-electron chi connectivity index (χ1n) is 11.0. The van der Waals surface area contributed by atoms with Crippen molar-refractivity contribution in [2.75, 3.05) is 30.6 Å². The molecule has 34 heavy (non-hydrogen) atoms. The van der Waals surface area contributed by atoms with Crippen molar-refractivity contribution in [1.82, 2.24) is 20.9 Å². The molecule has 0 aromatic carbocycles. The van der Waals surface area contributed by atoms with E-state index in [2.05, 4.69) is 20.9 Å². The van der Waals surface area contributed by atoms with Crippen LogP contribution < -0.4 is 16.0 Å².